The van der Waals surface area contributed by atoms with Gasteiger partial charge in [-0.05, 0) is 80.4 Å². The molecule has 1 aromatic carbocycles. The summed E-state index contributed by atoms with van der Waals surface area (Å²) in [6, 6.07) is 5.56. The molecule has 3 nitrogen and oxygen atoms in total. The van der Waals surface area contributed by atoms with Gasteiger partial charge >= 0.3 is 0 Å². The highest BCUT2D eigenvalue weighted by molar-refractivity contribution is 6.31. The van der Waals surface area contributed by atoms with Crippen molar-refractivity contribution in [3.8, 4) is 0 Å². The average molecular weight is 334 g/mol. The molecule has 4 aliphatic carbocycles. The molecule has 0 spiro atoms. The number of carbonyl (C=O) groups is 1. The smallest absolute Gasteiger partial charge is 0.224 e. The van der Waals surface area contributed by atoms with Crippen molar-refractivity contribution < 1.29 is 9.90 Å². The summed E-state index contributed by atoms with van der Waals surface area (Å²) in [6.07, 6.45) is 6.67. The Labute approximate surface area is 142 Å². The average Bonchev–Trinajstić information content (AvgIpc) is 2.39. The second kappa shape index (κ2) is 5.22. The Bertz CT molecular complexity index is 643. The zero-order chi connectivity index (χ0) is 16.2. The largest absolute Gasteiger partial charge is 0.390 e. The molecule has 4 bridgehead atoms. The van der Waals surface area contributed by atoms with Crippen LogP contribution in [0.15, 0.2) is 18.2 Å². The number of carbonyl (C=O) groups excluding carboxylic acids is 1. The molecule has 0 aromatic heterocycles. The van der Waals surface area contributed by atoms with Gasteiger partial charge in [0, 0.05) is 17.1 Å². The molecular formula is C19H24ClNO2. The Hall–Kier alpha value is -1.06. The number of halogens is 1. The summed E-state index contributed by atoms with van der Waals surface area (Å²) in [7, 11) is 0. The van der Waals surface area contributed by atoms with Gasteiger partial charge in [-0.3, -0.25) is 4.79 Å². The van der Waals surface area contributed by atoms with Crippen molar-refractivity contribution in [3.63, 3.8) is 0 Å². The molecule has 2 unspecified atom stereocenters. The second-order valence-corrected chi connectivity index (χ2v) is 8.81. The number of rotatable bonds is 3. The fourth-order valence-corrected chi connectivity index (χ4v) is 6.04. The topological polar surface area (TPSA) is 49.3 Å². The Morgan fingerprint density at radius 3 is 2.65 bits per heavy atom. The van der Waals surface area contributed by atoms with Crippen LogP contribution >= 0.6 is 11.6 Å². The zero-order valence-electron chi connectivity index (χ0n) is 13.6. The molecule has 4 atom stereocenters. The summed E-state index contributed by atoms with van der Waals surface area (Å²) in [5, 5.41) is 14.5. The van der Waals surface area contributed by atoms with Gasteiger partial charge in [-0.15, -0.1) is 0 Å². The van der Waals surface area contributed by atoms with Gasteiger partial charge in [0.2, 0.25) is 5.91 Å². The predicted octanol–water partition coefficient (Wildman–Crippen LogP) is 4.31. The van der Waals surface area contributed by atoms with Crippen LogP contribution in [0.1, 0.15) is 50.5 Å². The molecule has 4 aliphatic rings. The molecule has 0 radical (unpaired) electrons. The monoisotopic (exact) mass is 333 g/mol. The molecule has 124 valence electrons. The van der Waals surface area contributed by atoms with E-state index in [4.69, 9.17) is 11.6 Å². The quantitative estimate of drug-likeness (QED) is 0.866. The van der Waals surface area contributed by atoms with Gasteiger partial charge in [0.05, 0.1) is 5.60 Å². The van der Waals surface area contributed by atoms with E-state index < -0.39 is 5.60 Å². The molecule has 4 saturated carbocycles. The first-order valence-corrected chi connectivity index (χ1v) is 9.01. The van der Waals surface area contributed by atoms with E-state index in [2.05, 4.69) is 5.32 Å². The lowest BCUT2D eigenvalue weighted by Gasteiger charge is -2.60. The predicted molar refractivity (Wildman–Crippen MR) is 91.5 cm³/mol. The number of hydrogen-bond acceptors (Lipinski definition) is 2. The third kappa shape index (κ3) is 2.89. The van der Waals surface area contributed by atoms with Crippen molar-refractivity contribution in [2.24, 2.45) is 17.3 Å². The maximum absolute atomic E-state index is 12.6. The van der Waals surface area contributed by atoms with Gasteiger partial charge in [0.15, 0.2) is 0 Å². The Balaban J connectivity index is 1.49. The van der Waals surface area contributed by atoms with Crippen molar-refractivity contribution in [2.45, 2.75) is 57.5 Å². The number of aliphatic hydroxyl groups is 1. The molecule has 1 aromatic rings. The molecular weight excluding hydrogens is 310 g/mol. The normalized spacial score (nSPS) is 37.9. The van der Waals surface area contributed by atoms with Crippen molar-refractivity contribution in [2.75, 3.05) is 5.32 Å². The summed E-state index contributed by atoms with van der Waals surface area (Å²) >= 11 is 6.03. The summed E-state index contributed by atoms with van der Waals surface area (Å²) in [5.41, 5.74) is 1.32. The number of hydrogen-bond donors (Lipinski definition) is 2. The molecule has 0 aliphatic heterocycles. The maximum Gasteiger partial charge on any atom is 0.224 e. The van der Waals surface area contributed by atoms with Crippen LogP contribution in [0.3, 0.4) is 0 Å². The molecule has 5 rings (SSSR count). The van der Waals surface area contributed by atoms with Crippen LogP contribution in [0, 0.1) is 24.2 Å². The van der Waals surface area contributed by atoms with Crippen molar-refractivity contribution in [1.29, 1.82) is 0 Å². The molecule has 0 heterocycles. The lowest BCUT2D eigenvalue weighted by Crippen LogP contribution is -2.56. The van der Waals surface area contributed by atoms with Crippen LogP contribution in [0.2, 0.25) is 5.02 Å². The number of aryl methyl sites for hydroxylation is 1. The number of benzene rings is 1. The molecule has 0 saturated heterocycles. The van der Waals surface area contributed by atoms with Crippen LogP contribution in [0.25, 0.3) is 0 Å². The van der Waals surface area contributed by atoms with Crippen LogP contribution in [0.5, 0.6) is 0 Å². The van der Waals surface area contributed by atoms with E-state index in [9.17, 15) is 9.90 Å². The maximum atomic E-state index is 12.6. The third-order valence-corrected chi connectivity index (χ3v) is 6.40. The lowest BCUT2D eigenvalue weighted by atomic mass is 9.47. The van der Waals surface area contributed by atoms with Crippen molar-refractivity contribution in [3.05, 3.63) is 28.8 Å². The minimum absolute atomic E-state index is 0.00932. The minimum Gasteiger partial charge on any atom is -0.390 e. The second-order valence-electron chi connectivity index (χ2n) is 8.37. The Morgan fingerprint density at radius 2 is 2.00 bits per heavy atom. The third-order valence-electron chi connectivity index (χ3n) is 6.16. The van der Waals surface area contributed by atoms with E-state index in [1.54, 1.807) is 0 Å². The van der Waals surface area contributed by atoms with Crippen molar-refractivity contribution in [1.82, 2.24) is 0 Å². The fourth-order valence-electron chi connectivity index (χ4n) is 5.87. The van der Waals surface area contributed by atoms with Crippen LogP contribution < -0.4 is 5.32 Å². The highest BCUT2D eigenvalue weighted by Crippen LogP contribution is 2.62. The van der Waals surface area contributed by atoms with Crippen LogP contribution in [0.4, 0.5) is 5.69 Å². The zero-order valence-corrected chi connectivity index (χ0v) is 14.3. The van der Waals surface area contributed by atoms with Gasteiger partial charge in [-0.25, -0.2) is 0 Å². The lowest BCUT2D eigenvalue weighted by molar-refractivity contribution is -0.167. The van der Waals surface area contributed by atoms with E-state index in [0.29, 0.717) is 23.3 Å². The summed E-state index contributed by atoms with van der Waals surface area (Å²) < 4.78 is 0. The molecule has 1 amide bonds. The van der Waals surface area contributed by atoms with E-state index in [1.165, 1.54) is 6.42 Å². The fraction of sp³-hybridized carbons (Fsp3) is 0.632. The first kappa shape index (κ1) is 15.5. The minimum atomic E-state index is -0.504. The highest BCUT2D eigenvalue weighted by Gasteiger charge is 2.57. The summed E-state index contributed by atoms with van der Waals surface area (Å²) in [4.78, 5) is 12.6. The number of nitrogens with one attached hydrogen (secondary N) is 1. The van der Waals surface area contributed by atoms with E-state index >= 15 is 0 Å². The van der Waals surface area contributed by atoms with Gasteiger partial charge in [-0.1, -0.05) is 17.7 Å². The summed E-state index contributed by atoms with van der Waals surface area (Å²) in [6.45, 7) is 1.97. The van der Waals surface area contributed by atoms with E-state index in [0.717, 1.165) is 43.4 Å². The van der Waals surface area contributed by atoms with Crippen LogP contribution in [-0.4, -0.2) is 16.6 Å². The Kier molecular flexibility index (Phi) is 3.51. The highest BCUT2D eigenvalue weighted by atomic mass is 35.5. The summed E-state index contributed by atoms with van der Waals surface area (Å²) in [5.74, 6) is 1.28. The van der Waals surface area contributed by atoms with Gasteiger partial charge in [0.1, 0.15) is 0 Å². The van der Waals surface area contributed by atoms with Gasteiger partial charge in [0.25, 0.3) is 0 Å². The molecule has 4 heteroatoms. The first-order valence-electron chi connectivity index (χ1n) is 8.63. The standard InChI is InChI=1S/C19H24ClNO2/c1-12-2-3-15(20)5-16(12)21-17(22)10-18-6-13-4-14(7-18)9-19(23,8-13)11-18/h2-3,5,13-14,23H,4,6-11H2,1H3,(H,21,22)/t13-,14+,18?,19?. The van der Waals surface area contributed by atoms with Crippen LogP contribution in [-0.2, 0) is 4.79 Å². The molecule has 23 heavy (non-hydrogen) atoms. The first-order chi connectivity index (χ1) is 10.8. The van der Waals surface area contributed by atoms with Gasteiger partial charge in [-0.2, -0.15) is 0 Å². The van der Waals surface area contributed by atoms with E-state index in [1.807, 2.05) is 25.1 Å². The number of amides is 1. The molecule has 4 fully saturated rings. The Morgan fingerprint density at radius 1 is 1.30 bits per heavy atom. The molecule has 2 N–H and O–H groups in total. The number of anilines is 1. The van der Waals surface area contributed by atoms with E-state index in [-0.39, 0.29) is 11.3 Å². The van der Waals surface area contributed by atoms with Crippen molar-refractivity contribution >= 4 is 23.2 Å². The SMILES string of the molecule is Cc1ccc(Cl)cc1NC(=O)CC12C[C@@H]3C[C@@H](CC(O)(C3)C1)C2. The van der Waals surface area contributed by atoms with Gasteiger partial charge < -0.3 is 10.4 Å².